The van der Waals surface area contributed by atoms with Crippen LogP contribution in [0.2, 0.25) is 0 Å². The number of amides is 1. The molecule has 0 spiro atoms. The van der Waals surface area contributed by atoms with E-state index >= 15 is 0 Å². The van der Waals surface area contributed by atoms with Gasteiger partial charge in [0.05, 0.1) is 15.6 Å². The van der Waals surface area contributed by atoms with E-state index in [4.69, 9.17) is 0 Å². The van der Waals surface area contributed by atoms with E-state index in [0.717, 1.165) is 6.07 Å². The van der Waals surface area contributed by atoms with Crippen molar-refractivity contribution in [1.82, 2.24) is 13.5 Å². The molecule has 172 valence electrons. The number of non-ortho nitro benzene ring substituents is 1. The summed E-state index contributed by atoms with van der Waals surface area (Å²) in [7, 11) is -7.44. The van der Waals surface area contributed by atoms with Gasteiger partial charge in [-0.05, 0) is 25.3 Å². The summed E-state index contributed by atoms with van der Waals surface area (Å²) in [6, 6.07) is 4.11. The zero-order valence-corrected chi connectivity index (χ0v) is 18.8. The molecule has 13 heteroatoms. The maximum atomic E-state index is 13.0. The van der Waals surface area contributed by atoms with Gasteiger partial charge in [-0.25, -0.2) is 16.8 Å². The van der Waals surface area contributed by atoms with E-state index in [1.54, 1.807) is 6.92 Å². The van der Waals surface area contributed by atoms with Crippen LogP contribution in [0.5, 0.6) is 0 Å². The Hall–Kier alpha value is -2.09. The fraction of sp³-hybridized carbons (Fsp3) is 0.611. The molecule has 1 aromatic carbocycles. The number of nitro groups is 1. The summed E-state index contributed by atoms with van der Waals surface area (Å²) < 4.78 is 53.1. The van der Waals surface area contributed by atoms with Crippen molar-refractivity contribution in [2.24, 2.45) is 0 Å². The third kappa shape index (κ3) is 4.89. The van der Waals surface area contributed by atoms with Crippen LogP contribution in [0, 0.1) is 10.1 Å². The van der Waals surface area contributed by atoms with Crippen LogP contribution >= 0.6 is 0 Å². The summed E-state index contributed by atoms with van der Waals surface area (Å²) in [4.78, 5) is 24.6. The number of hydrogen-bond donors (Lipinski definition) is 0. The third-order valence-corrected chi connectivity index (χ3v) is 9.50. The molecule has 2 saturated heterocycles. The third-order valence-electron chi connectivity index (χ3n) is 5.52. The van der Waals surface area contributed by atoms with Crippen LogP contribution < -0.4 is 0 Å². The Morgan fingerprint density at radius 2 is 1.81 bits per heavy atom. The molecule has 0 bridgehead atoms. The molecular weight excluding hydrogens is 448 g/mol. The van der Waals surface area contributed by atoms with Crippen molar-refractivity contribution in [2.45, 2.75) is 37.1 Å². The maximum Gasteiger partial charge on any atom is 0.270 e. The summed E-state index contributed by atoms with van der Waals surface area (Å²) in [5, 5.41) is 10.9. The van der Waals surface area contributed by atoms with Crippen LogP contribution in [-0.4, -0.2) is 85.7 Å². The van der Waals surface area contributed by atoms with Gasteiger partial charge in [-0.3, -0.25) is 14.9 Å². The highest BCUT2D eigenvalue weighted by molar-refractivity contribution is 7.89. The van der Waals surface area contributed by atoms with E-state index in [2.05, 4.69) is 0 Å². The SMILES string of the molecule is CCCS(=O)(=O)N1CCCC1C(=O)N1CCN(S(=O)(=O)c2cccc([N+](=O)[O-])c2)CC1. The summed E-state index contributed by atoms with van der Waals surface area (Å²) in [6.07, 6.45) is 1.53. The van der Waals surface area contributed by atoms with Gasteiger partial charge in [0.15, 0.2) is 0 Å². The predicted octanol–water partition coefficient (Wildman–Crippen LogP) is 0.632. The van der Waals surface area contributed by atoms with E-state index in [0.29, 0.717) is 25.8 Å². The summed E-state index contributed by atoms with van der Waals surface area (Å²) in [5.74, 6) is -0.309. The average molecular weight is 475 g/mol. The van der Waals surface area contributed by atoms with Gasteiger partial charge in [0, 0.05) is 44.9 Å². The molecule has 31 heavy (non-hydrogen) atoms. The van der Waals surface area contributed by atoms with Crippen LogP contribution in [0.1, 0.15) is 26.2 Å². The Bertz CT molecular complexity index is 1050. The second-order valence-electron chi connectivity index (χ2n) is 7.57. The van der Waals surface area contributed by atoms with Gasteiger partial charge < -0.3 is 4.90 Å². The molecular formula is C18H26N4O7S2. The smallest absolute Gasteiger partial charge is 0.270 e. The zero-order valence-electron chi connectivity index (χ0n) is 17.2. The molecule has 1 aromatic rings. The summed E-state index contributed by atoms with van der Waals surface area (Å²) in [6.45, 7) is 2.41. The number of sulfonamides is 2. The number of benzene rings is 1. The largest absolute Gasteiger partial charge is 0.339 e. The lowest BCUT2D eigenvalue weighted by atomic mass is 10.2. The number of carbonyl (C=O) groups excluding carboxylic acids is 1. The van der Waals surface area contributed by atoms with E-state index in [-0.39, 0.29) is 48.4 Å². The van der Waals surface area contributed by atoms with Gasteiger partial charge in [0.2, 0.25) is 26.0 Å². The van der Waals surface area contributed by atoms with Gasteiger partial charge >= 0.3 is 0 Å². The van der Waals surface area contributed by atoms with Gasteiger partial charge in [0.1, 0.15) is 6.04 Å². The lowest BCUT2D eigenvalue weighted by Crippen LogP contribution is -2.55. The van der Waals surface area contributed by atoms with Crippen LogP contribution in [0.3, 0.4) is 0 Å². The molecule has 0 saturated carbocycles. The molecule has 2 aliphatic rings. The molecule has 0 aliphatic carbocycles. The Morgan fingerprint density at radius 3 is 2.42 bits per heavy atom. The number of rotatable bonds is 7. The topological polar surface area (TPSA) is 138 Å². The minimum atomic E-state index is -3.94. The van der Waals surface area contributed by atoms with Gasteiger partial charge in [-0.1, -0.05) is 13.0 Å². The minimum absolute atomic E-state index is 0.00792. The van der Waals surface area contributed by atoms with Crippen LogP contribution in [0.4, 0.5) is 5.69 Å². The first-order chi connectivity index (χ1) is 14.6. The Balaban J connectivity index is 1.68. The number of hydrogen-bond acceptors (Lipinski definition) is 7. The lowest BCUT2D eigenvalue weighted by molar-refractivity contribution is -0.385. The van der Waals surface area contributed by atoms with E-state index < -0.39 is 31.0 Å². The fourth-order valence-electron chi connectivity index (χ4n) is 3.96. The second-order valence-corrected chi connectivity index (χ2v) is 11.5. The second kappa shape index (κ2) is 9.18. The fourth-order valence-corrected chi connectivity index (χ4v) is 7.16. The van der Waals surface area contributed by atoms with Crippen LogP contribution in [0.15, 0.2) is 29.2 Å². The Morgan fingerprint density at radius 1 is 1.13 bits per heavy atom. The average Bonchev–Trinajstić information content (AvgIpc) is 3.24. The predicted molar refractivity (Wildman–Crippen MR) is 112 cm³/mol. The molecule has 11 nitrogen and oxygen atoms in total. The van der Waals surface area contributed by atoms with Crippen molar-refractivity contribution in [3.8, 4) is 0 Å². The molecule has 0 radical (unpaired) electrons. The van der Waals surface area contributed by atoms with Gasteiger partial charge in [-0.2, -0.15) is 8.61 Å². The highest BCUT2D eigenvalue weighted by Gasteiger charge is 2.41. The molecule has 1 amide bonds. The minimum Gasteiger partial charge on any atom is -0.339 e. The van der Waals surface area contributed by atoms with Crippen molar-refractivity contribution in [3.05, 3.63) is 34.4 Å². The molecule has 2 fully saturated rings. The monoisotopic (exact) mass is 474 g/mol. The van der Waals surface area contributed by atoms with Crippen molar-refractivity contribution in [1.29, 1.82) is 0 Å². The molecule has 2 aliphatic heterocycles. The quantitative estimate of drug-likeness (QED) is 0.417. The number of carbonyl (C=O) groups is 1. The van der Waals surface area contributed by atoms with Crippen molar-refractivity contribution >= 4 is 31.6 Å². The lowest BCUT2D eigenvalue weighted by Gasteiger charge is -2.36. The van der Waals surface area contributed by atoms with Crippen LogP contribution in [-0.2, 0) is 24.8 Å². The Labute approximate surface area is 181 Å². The van der Waals surface area contributed by atoms with Gasteiger partial charge in [-0.15, -0.1) is 0 Å². The molecule has 2 heterocycles. The number of piperazine rings is 1. The summed E-state index contributed by atoms with van der Waals surface area (Å²) >= 11 is 0. The molecule has 0 aromatic heterocycles. The first kappa shape index (κ1) is 23.6. The standard InChI is InChI=1S/C18H26N4O7S2/c1-2-13-30(26,27)21-8-4-7-17(21)18(23)19-9-11-20(12-10-19)31(28,29)16-6-3-5-15(14-16)22(24)25/h3,5-6,14,17H,2,4,7-13H2,1H3. The molecule has 0 N–H and O–H groups in total. The normalized spacial score (nSPS) is 21.3. The highest BCUT2D eigenvalue weighted by atomic mass is 32.2. The molecule has 1 unspecified atom stereocenters. The zero-order chi connectivity index (χ0) is 22.8. The Kier molecular flexibility index (Phi) is 6.98. The van der Waals surface area contributed by atoms with Crippen molar-refractivity contribution < 1.29 is 26.6 Å². The molecule has 1 atom stereocenters. The summed E-state index contributed by atoms with van der Waals surface area (Å²) in [5.41, 5.74) is -0.315. The van der Waals surface area contributed by atoms with Gasteiger partial charge in [0.25, 0.3) is 5.69 Å². The first-order valence-corrected chi connectivity index (χ1v) is 13.2. The molecule has 3 rings (SSSR count). The maximum absolute atomic E-state index is 13.0. The highest BCUT2D eigenvalue weighted by Crippen LogP contribution is 2.26. The number of nitrogens with zero attached hydrogens (tertiary/aromatic N) is 4. The van der Waals surface area contributed by atoms with Crippen LogP contribution in [0.25, 0.3) is 0 Å². The van der Waals surface area contributed by atoms with Crippen molar-refractivity contribution in [3.63, 3.8) is 0 Å². The first-order valence-electron chi connectivity index (χ1n) is 10.1. The van der Waals surface area contributed by atoms with E-state index in [9.17, 15) is 31.7 Å². The van der Waals surface area contributed by atoms with Crippen molar-refractivity contribution in [2.75, 3.05) is 38.5 Å². The van der Waals surface area contributed by atoms with E-state index in [1.165, 1.54) is 31.7 Å². The number of nitro benzene ring substituents is 1. The van der Waals surface area contributed by atoms with E-state index in [1.807, 2.05) is 0 Å².